The zero-order valence-corrected chi connectivity index (χ0v) is 19.9. The monoisotopic (exact) mass is 508 g/mol. The SMILES string of the molecule is O=C(CN1C(=O)C(=Cc2ccc(-c3ccc(O)c(C(=O)O)c3)o2)SC1=S)NCCc1ccccc1. The molecule has 0 radical (unpaired) electrons. The molecular weight excluding hydrogens is 488 g/mol. The number of hydrogen-bond donors (Lipinski definition) is 3. The third-order valence-corrected chi connectivity index (χ3v) is 6.54. The van der Waals surface area contributed by atoms with Crippen molar-refractivity contribution >= 4 is 52.2 Å². The summed E-state index contributed by atoms with van der Waals surface area (Å²) in [5.74, 6) is -1.58. The predicted molar refractivity (Wildman–Crippen MR) is 136 cm³/mol. The van der Waals surface area contributed by atoms with Gasteiger partial charge in [-0.3, -0.25) is 14.5 Å². The first kappa shape index (κ1) is 24.2. The van der Waals surface area contributed by atoms with E-state index >= 15 is 0 Å². The average molecular weight is 509 g/mol. The van der Waals surface area contributed by atoms with E-state index in [9.17, 15) is 24.6 Å². The van der Waals surface area contributed by atoms with Crippen LogP contribution in [0, 0.1) is 0 Å². The summed E-state index contributed by atoms with van der Waals surface area (Å²) in [6.07, 6.45) is 2.20. The Balaban J connectivity index is 1.39. The molecule has 3 N–H and O–H groups in total. The number of thioether (sulfide) groups is 1. The first-order valence-electron chi connectivity index (χ1n) is 10.5. The first-order chi connectivity index (χ1) is 16.8. The number of aromatic hydroxyl groups is 1. The van der Waals surface area contributed by atoms with E-state index in [1.165, 1.54) is 29.2 Å². The quantitative estimate of drug-likeness (QED) is 0.309. The summed E-state index contributed by atoms with van der Waals surface area (Å²) >= 11 is 6.36. The minimum absolute atomic E-state index is 0.175. The molecule has 0 saturated carbocycles. The number of phenols is 1. The lowest BCUT2D eigenvalue weighted by Gasteiger charge is -2.14. The van der Waals surface area contributed by atoms with Gasteiger partial charge < -0.3 is 19.9 Å². The molecule has 1 aromatic heterocycles. The molecular formula is C25H20N2O6S2. The fourth-order valence-corrected chi connectivity index (χ4v) is 4.64. The molecule has 178 valence electrons. The average Bonchev–Trinajstić information content (AvgIpc) is 3.40. The van der Waals surface area contributed by atoms with E-state index in [0.717, 1.165) is 17.3 Å². The molecule has 8 nitrogen and oxygen atoms in total. The predicted octanol–water partition coefficient (Wildman–Crippen LogP) is 3.91. The minimum Gasteiger partial charge on any atom is -0.507 e. The molecule has 2 aromatic carbocycles. The summed E-state index contributed by atoms with van der Waals surface area (Å²) < 4.78 is 6.02. The van der Waals surface area contributed by atoms with Gasteiger partial charge in [0.2, 0.25) is 5.91 Å². The molecule has 2 heterocycles. The van der Waals surface area contributed by atoms with Crippen molar-refractivity contribution in [3.63, 3.8) is 0 Å². The molecule has 1 aliphatic heterocycles. The van der Waals surface area contributed by atoms with Crippen LogP contribution in [-0.4, -0.2) is 50.3 Å². The number of carboxylic acids is 1. The maximum absolute atomic E-state index is 12.8. The number of nitrogens with zero attached hydrogens (tertiary/aromatic N) is 1. The van der Waals surface area contributed by atoms with Crippen LogP contribution >= 0.6 is 24.0 Å². The number of amides is 2. The van der Waals surface area contributed by atoms with Crippen LogP contribution in [-0.2, 0) is 16.0 Å². The molecule has 0 atom stereocenters. The van der Waals surface area contributed by atoms with Crippen molar-refractivity contribution in [3.05, 3.63) is 82.5 Å². The van der Waals surface area contributed by atoms with Crippen molar-refractivity contribution in [1.29, 1.82) is 0 Å². The minimum atomic E-state index is -1.26. The van der Waals surface area contributed by atoms with E-state index in [1.54, 1.807) is 12.1 Å². The summed E-state index contributed by atoms with van der Waals surface area (Å²) in [5, 5.41) is 21.7. The van der Waals surface area contributed by atoms with Gasteiger partial charge in [-0.05, 0) is 42.3 Å². The van der Waals surface area contributed by atoms with Crippen LogP contribution in [0.3, 0.4) is 0 Å². The number of benzene rings is 2. The number of carboxylic acid groups (broad SMARTS) is 1. The second-order valence-corrected chi connectivity index (χ2v) is 9.27. The third kappa shape index (κ3) is 5.79. The fraction of sp³-hybridized carbons (Fsp3) is 0.120. The van der Waals surface area contributed by atoms with Crippen LogP contribution in [0.15, 0.2) is 70.0 Å². The fourth-order valence-electron chi connectivity index (χ4n) is 3.40. The van der Waals surface area contributed by atoms with Crippen molar-refractivity contribution < 1.29 is 29.0 Å². The highest BCUT2D eigenvalue weighted by Crippen LogP contribution is 2.34. The number of nitrogens with one attached hydrogen (secondary N) is 1. The number of thiocarbonyl (C=S) groups is 1. The van der Waals surface area contributed by atoms with Crippen molar-refractivity contribution in [2.75, 3.05) is 13.1 Å². The summed E-state index contributed by atoms with van der Waals surface area (Å²) in [7, 11) is 0. The molecule has 0 bridgehead atoms. The Hall–Kier alpha value is -3.89. The maximum atomic E-state index is 12.8. The molecule has 4 rings (SSSR count). The Bertz CT molecular complexity index is 1330. The lowest BCUT2D eigenvalue weighted by molar-refractivity contribution is -0.128. The molecule has 3 aromatic rings. The van der Waals surface area contributed by atoms with Crippen molar-refractivity contribution in [2.24, 2.45) is 0 Å². The van der Waals surface area contributed by atoms with Crippen LogP contribution < -0.4 is 5.32 Å². The van der Waals surface area contributed by atoms with Gasteiger partial charge in [0.25, 0.3) is 5.91 Å². The van der Waals surface area contributed by atoms with Crippen molar-refractivity contribution in [2.45, 2.75) is 6.42 Å². The third-order valence-electron chi connectivity index (χ3n) is 5.17. The largest absolute Gasteiger partial charge is 0.507 e. The van der Waals surface area contributed by atoms with Crippen molar-refractivity contribution in [1.82, 2.24) is 10.2 Å². The number of carbonyl (C=O) groups is 3. The summed E-state index contributed by atoms with van der Waals surface area (Å²) in [5.41, 5.74) is 1.31. The van der Waals surface area contributed by atoms with E-state index < -0.39 is 11.9 Å². The van der Waals surface area contributed by atoms with Crippen molar-refractivity contribution in [3.8, 4) is 17.1 Å². The van der Waals surface area contributed by atoms with E-state index in [2.05, 4.69) is 5.32 Å². The van der Waals surface area contributed by atoms with Gasteiger partial charge in [0, 0.05) is 18.2 Å². The molecule has 2 amide bonds. The van der Waals surface area contributed by atoms with Crippen LogP contribution in [0.2, 0.25) is 0 Å². The van der Waals surface area contributed by atoms with Gasteiger partial charge >= 0.3 is 5.97 Å². The van der Waals surface area contributed by atoms with E-state index in [4.69, 9.17) is 16.6 Å². The second kappa shape index (κ2) is 10.6. The molecule has 0 spiro atoms. The maximum Gasteiger partial charge on any atom is 0.339 e. The van der Waals surface area contributed by atoms with Crippen LogP contribution in [0.4, 0.5) is 0 Å². The lowest BCUT2D eigenvalue weighted by atomic mass is 10.1. The summed E-state index contributed by atoms with van der Waals surface area (Å²) in [6, 6.07) is 17.1. The first-order valence-corrected chi connectivity index (χ1v) is 11.8. The highest BCUT2D eigenvalue weighted by Gasteiger charge is 2.33. The topological polar surface area (TPSA) is 120 Å². The van der Waals surface area contributed by atoms with Gasteiger partial charge in [0.1, 0.15) is 33.7 Å². The van der Waals surface area contributed by atoms with E-state index in [-0.39, 0.29) is 28.1 Å². The second-order valence-electron chi connectivity index (χ2n) is 7.59. The molecule has 1 saturated heterocycles. The van der Waals surface area contributed by atoms with E-state index in [0.29, 0.717) is 35.0 Å². The molecule has 35 heavy (non-hydrogen) atoms. The van der Waals surface area contributed by atoms with Gasteiger partial charge in [0.05, 0.1) is 4.91 Å². The number of aromatic carboxylic acids is 1. The Morgan fingerprint density at radius 2 is 1.89 bits per heavy atom. The Kier molecular flexibility index (Phi) is 7.33. The Labute approximate surface area is 210 Å². The number of furan rings is 1. The molecule has 1 fully saturated rings. The smallest absolute Gasteiger partial charge is 0.339 e. The normalized spacial score (nSPS) is 14.5. The zero-order valence-electron chi connectivity index (χ0n) is 18.3. The Morgan fingerprint density at radius 1 is 1.11 bits per heavy atom. The van der Waals surface area contributed by atoms with E-state index in [1.807, 2.05) is 30.3 Å². The molecule has 0 unspecified atom stereocenters. The van der Waals surface area contributed by atoms with Crippen LogP contribution in [0.1, 0.15) is 21.7 Å². The van der Waals surface area contributed by atoms with Gasteiger partial charge in [-0.2, -0.15) is 0 Å². The summed E-state index contributed by atoms with van der Waals surface area (Å²) in [4.78, 5) is 38.0. The van der Waals surface area contributed by atoms with Gasteiger partial charge in [-0.25, -0.2) is 4.79 Å². The summed E-state index contributed by atoms with van der Waals surface area (Å²) in [6.45, 7) is 0.273. The number of carbonyl (C=O) groups excluding carboxylic acids is 2. The molecule has 0 aliphatic carbocycles. The zero-order chi connectivity index (χ0) is 24.9. The van der Waals surface area contributed by atoms with Crippen LogP contribution in [0.25, 0.3) is 17.4 Å². The molecule has 1 aliphatic rings. The Morgan fingerprint density at radius 3 is 2.63 bits per heavy atom. The highest BCUT2D eigenvalue weighted by molar-refractivity contribution is 8.26. The van der Waals surface area contributed by atoms with Gasteiger partial charge in [-0.15, -0.1) is 0 Å². The number of rotatable bonds is 8. The standard InChI is InChI=1S/C25H20N2O6S2/c28-19-8-6-16(12-18(19)24(31)32)20-9-7-17(33-20)13-21-23(30)27(25(34)35-21)14-22(29)26-11-10-15-4-2-1-3-5-15/h1-9,12-13,28H,10-11,14H2,(H,26,29)(H,31,32). The lowest BCUT2D eigenvalue weighted by Crippen LogP contribution is -2.40. The van der Waals surface area contributed by atoms with Gasteiger partial charge in [0.15, 0.2) is 0 Å². The van der Waals surface area contributed by atoms with Gasteiger partial charge in [-0.1, -0.05) is 54.3 Å². The molecule has 10 heteroatoms. The van der Waals surface area contributed by atoms with Crippen LogP contribution in [0.5, 0.6) is 5.75 Å². The highest BCUT2D eigenvalue weighted by atomic mass is 32.2. The number of hydrogen-bond acceptors (Lipinski definition) is 7.